The molecule has 1 aliphatic carbocycles. The van der Waals surface area contributed by atoms with Gasteiger partial charge in [0.05, 0.1) is 6.61 Å². The van der Waals surface area contributed by atoms with Gasteiger partial charge < -0.3 is 15.4 Å². The van der Waals surface area contributed by atoms with Crippen molar-refractivity contribution in [3.63, 3.8) is 0 Å². The van der Waals surface area contributed by atoms with Crippen molar-refractivity contribution in [1.29, 1.82) is 0 Å². The summed E-state index contributed by atoms with van der Waals surface area (Å²) in [6, 6.07) is 8.86. The predicted molar refractivity (Wildman–Crippen MR) is 130 cm³/mol. The van der Waals surface area contributed by atoms with Crippen LogP contribution in [0.15, 0.2) is 30.3 Å². The van der Waals surface area contributed by atoms with Crippen LogP contribution in [0.5, 0.6) is 0 Å². The number of thiophene rings is 1. The first-order valence-corrected chi connectivity index (χ1v) is 12.4. The van der Waals surface area contributed by atoms with Crippen molar-refractivity contribution in [3.05, 3.63) is 40.8 Å². The fraction of sp³-hybridized carbons (Fsp3) is 0.440. The van der Waals surface area contributed by atoms with Crippen LogP contribution in [0.2, 0.25) is 0 Å². The van der Waals surface area contributed by atoms with E-state index in [1.807, 2.05) is 44.2 Å². The van der Waals surface area contributed by atoms with Gasteiger partial charge in [0.15, 0.2) is 0 Å². The average Bonchev–Trinajstić information content (AvgIpc) is 3.25. The first kappa shape index (κ1) is 23.9. The summed E-state index contributed by atoms with van der Waals surface area (Å²) in [5.74, 6) is -1.42. The lowest BCUT2D eigenvalue weighted by Crippen LogP contribution is -2.54. The van der Waals surface area contributed by atoms with E-state index in [0.717, 1.165) is 34.6 Å². The number of nitrogens with zero attached hydrogens (tertiary/aromatic N) is 1. The fourth-order valence-corrected chi connectivity index (χ4v) is 6.01. The lowest BCUT2D eigenvalue weighted by molar-refractivity contribution is -0.136. The van der Waals surface area contributed by atoms with Gasteiger partial charge in [0.2, 0.25) is 5.91 Å². The van der Waals surface area contributed by atoms with Crippen molar-refractivity contribution in [2.75, 3.05) is 18.5 Å². The second-order valence-corrected chi connectivity index (χ2v) is 10.0. The molecule has 2 heterocycles. The Bertz CT molecular complexity index is 1130. The normalized spacial score (nSPS) is 22.1. The monoisotopic (exact) mass is 483 g/mol. The van der Waals surface area contributed by atoms with E-state index < -0.39 is 30.0 Å². The van der Waals surface area contributed by atoms with Crippen LogP contribution in [-0.2, 0) is 14.3 Å². The second-order valence-electron chi connectivity index (χ2n) is 8.81. The number of esters is 1. The van der Waals surface area contributed by atoms with Gasteiger partial charge in [0.25, 0.3) is 5.91 Å². The zero-order valence-corrected chi connectivity index (χ0v) is 20.4. The van der Waals surface area contributed by atoms with Crippen molar-refractivity contribution in [2.45, 2.75) is 52.0 Å². The molecule has 2 unspecified atom stereocenters. The summed E-state index contributed by atoms with van der Waals surface area (Å²) in [6.45, 7) is 5.33. The molecular weight excluding hydrogens is 454 g/mol. The molecule has 2 aromatic rings. The summed E-state index contributed by atoms with van der Waals surface area (Å²) in [5.41, 5.74) is 0.885. The van der Waals surface area contributed by atoms with Gasteiger partial charge in [-0.3, -0.25) is 14.5 Å². The maximum atomic E-state index is 13.2. The van der Waals surface area contributed by atoms with Gasteiger partial charge in [-0.2, -0.15) is 0 Å². The van der Waals surface area contributed by atoms with Crippen LogP contribution in [-0.4, -0.2) is 47.4 Å². The molecular formula is C25H29N3O5S. The van der Waals surface area contributed by atoms with Crippen LogP contribution in [0.3, 0.4) is 0 Å². The molecule has 0 radical (unpaired) electrons. The molecule has 1 aliphatic heterocycles. The maximum absolute atomic E-state index is 13.2. The third-order valence-electron chi connectivity index (χ3n) is 6.68. The Kier molecular flexibility index (Phi) is 6.74. The van der Waals surface area contributed by atoms with Crippen molar-refractivity contribution in [2.24, 2.45) is 5.92 Å². The Morgan fingerprint density at radius 3 is 2.65 bits per heavy atom. The Hall–Kier alpha value is -3.20. The minimum Gasteiger partial charge on any atom is -0.462 e. The topological polar surface area (TPSA) is 105 Å². The van der Waals surface area contributed by atoms with E-state index in [9.17, 15) is 19.2 Å². The molecule has 4 rings (SSSR count). The number of ether oxygens (including phenoxy) is 1. The number of imide groups is 1. The molecule has 1 saturated carbocycles. The summed E-state index contributed by atoms with van der Waals surface area (Å²) in [6.07, 6.45) is 3.31. The van der Waals surface area contributed by atoms with Crippen LogP contribution in [0.4, 0.5) is 9.80 Å². The largest absolute Gasteiger partial charge is 0.462 e. The van der Waals surface area contributed by atoms with Gasteiger partial charge in [-0.25, -0.2) is 9.59 Å². The third kappa shape index (κ3) is 4.20. The zero-order valence-electron chi connectivity index (χ0n) is 19.6. The predicted octanol–water partition coefficient (Wildman–Crippen LogP) is 4.34. The second kappa shape index (κ2) is 9.58. The summed E-state index contributed by atoms with van der Waals surface area (Å²) in [4.78, 5) is 53.5. The number of carbonyl (C=O) groups excluding carboxylic acids is 4. The SMILES string of the molecule is CCOC(=O)c1c(NC(=O)CN2C(=O)NC3(CCCCC3C)C2=O)sc(C)c1-c1ccccc1. The van der Waals surface area contributed by atoms with Gasteiger partial charge >= 0.3 is 12.0 Å². The number of benzene rings is 1. The Balaban J connectivity index is 1.58. The minimum absolute atomic E-state index is 0.00885. The highest BCUT2D eigenvalue weighted by atomic mass is 32.1. The number of aryl methyl sites for hydroxylation is 1. The number of amides is 4. The molecule has 34 heavy (non-hydrogen) atoms. The summed E-state index contributed by atoms with van der Waals surface area (Å²) >= 11 is 1.26. The van der Waals surface area contributed by atoms with Crippen LogP contribution in [0.25, 0.3) is 11.1 Å². The molecule has 180 valence electrons. The first-order valence-electron chi connectivity index (χ1n) is 11.6. The van der Waals surface area contributed by atoms with E-state index >= 15 is 0 Å². The molecule has 8 nitrogen and oxygen atoms in total. The Morgan fingerprint density at radius 2 is 1.97 bits per heavy atom. The van der Waals surface area contributed by atoms with Crippen LogP contribution < -0.4 is 10.6 Å². The number of carbonyl (C=O) groups is 4. The summed E-state index contributed by atoms with van der Waals surface area (Å²) in [5, 5.41) is 5.95. The van der Waals surface area contributed by atoms with Crippen molar-refractivity contribution in [3.8, 4) is 11.1 Å². The number of urea groups is 1. The van der Waals surface area contributed by atoms with Gasteiger partial charge in [0, 0.05) is 10.4 Å². The van der Waals surface area contributed by atoms with E-state index in [2.05, 4.69) is 10.6 Å². The third-order valence-corrected chi connectivity index (χ3v) is 7.70. The Labute approximate surface area is 202 Å². The van der Waals surface area contributed by atoms with E-state index in [0.29, 0.717) is 17.0 Å². The Morgan fingerprint density at radius 1 is 1.24 bits per heavy atom. The molecule has 2 aliphatic rings. The molecule has 4 amide bonds. The lowest BCUT2D eigenvalue weighted by Gasteiger charge is -2.36. The van der Waals surface area contributed by atoms with Crippen LogP contribution in [0.1, 0.15) is 54.8 Å². The zero-order chi connectivity index (χ0) is 24.5. The van der Waals surface area contributed by atoms with Crippen LogP contribution in [0, 0.1) is 12.8 Å². The number of hydrogen-bond acceptors (Lipinski definition) is 6. The summed E-state index contributed by atoms with van der Waals surface area (Å²) in [7, 11) is 0. The molecule has 1 aromatic carbocycles. The lowest BCUT2D eigenvalue weighted by atomic mass is 9.73. The van der Waals surface area contributed by atoms with Crippen LogP contribution >= 0.6 is 11.3 Å². The fourth-order valence-electron chi connectivity index (χ4n) is 4.93. The molecule has 2 fully saturated rings. The highest BCUT2D eigenvalue weighted by molar-refractivity contribution is 7.17. The quantitative estimate of drug-likeness (QED) is 0.470. The number of rotatable bonds is 6. The molecule has 2 atom stereocenters. The van der Waals surface area contributed by atoms with E-state index in [1.54, 1.807) is 6.92 Å². The van der Waals surface area contributed by atoms with E-state index in [-0.39, 0.29) is 24.0 Å². The van der Waals surface area contributed by atoms with Gasteiger partial charge in [0.1, 0.15) is 22.6 Å². The number of hydrogen-bond donors (Lipinski definition) is 2. The maximum Gasteiger partial charge on any atom is 0.341 e. The van der Waals surface area contributed by atoms with Crippen molar-refractivity contribution >= 4 is 40.2 Å². The van der Waals surface area contributed by atoms with Gasteiger partial charge in [-0.05, 0) is 38.2 Å². The van der Waals surface area contributed by atoms with E-state index in [1.165, 1.54) is 11.3 Å². The molecule has 2 N–H and O–H groups in total. The number of nitrogens with one attached hydrogen (secondary N) is 2. The van der Waals surface area contributed by atoms with E-state index in [4.69, 9.17) is 4.74 Å². The molecule has 0 bridgehead atoms. The molecule has 1 spiro atoms. The average molecular weight is 484 g/mol. The smallest absolute Gasteiger partial charge is 0.341 e. The van der Waals surface area contributed by atoms with Gasteiger partial charge in [-0.1, -0.05) is 50.1 Å². The standard InChI is InChI=1S/C25H29N3O5S/c1-4-33-22(30)20-19(17-11-6-5-7-12-17)16(3)34-21(20)26-18(29)14-28-23(31)25(27-24(28)32)13-9-8-10-15(25)2/h5-7,11-12,15H,4,8-10,13-14H2,1-3H3,(H,26,29)(H,27,32). The molecule has 1 aromatic heterocycles. The minimum atomic E-state index is -0.925. The van der Waals surface area contributed by atoms with Crippen molar-refractivity contribution in [1.82, 2.24) is 10.2 Å². The first-order chi connectivity index (χ1) is 16.3. The van der Waals surface area contributed by atoms with Crippen molar-refractivity contribution < 1.29 is 23.9 Å². The highest BCUT2D eigenvalue weighted by Crippen LogP contribution is 2.41. The summed E-state index contributed by atoms with van der Waals surface area (Å²) < 4.78 is 5.27. The highest BCUT2D eigenvalue weighted by Gasteiger charge is 2.55. The molecule has 1 saturated heterocycles. The van der Waals surface area contributed by atoms with Gasteiger partial charge in [-0.15, -0.1) is 11.3 Å². The molecule has 9 heteroatoms. The number of anilines is 1.